The Labute approximate surface area is 116 Å². The van der Waals surface area contributed by atoms with Crippen molar-refractivity contribution in [1.29, 1.82) is 0 Å². The molecule has 7 nitrogen and oxygen atoms in total. The molecule has 0 amide bonds. The van der Waals surface area contributed by atoms with E-state index in [2.05, 4.69) is 5.32 Å². The zero-order chi connectivity index (χ0) is 15.0. The smallest absolute Gasteiger partial charge is 0.320 e. The monoisotopic (exact) mass is 282 g/mol. The molecule has 1 aromatic carbocycles. The number of hydrogen-bond donors (Lipinski definition) is 2. The van der Waals surface area contributed by atoms with E-state index in [9.17, 15) is 14.9 Å². The lowest BCUT2D eigenvalue weighted by molar-refractivity contribution is -0.384. The Kier molecular flexibility index (Phi) is 6.45. The van der Waals surface area contributed by atoms with E-state index in [-0.39, 0.29) is 5.69 Å². The van der Waals surface area contributed by atoms with Gasteiger partial charge in [0.25, 0.3) is 5.69 Å². The molecule has 0 aliphatic carbocycles. The molecular weight excluding hydrogens is 264 g/mol. The zero-order valence-corrected chi connectivity index (χ0v) is 11.2. The van der Waals surface area contributed by atoms with Crippen LogP contribution in [0.4, 0.5) is 5.69 Å². The molecule has 0 aliphatic heterocycles. The Morgan fingerprint density at radius 1 is 1.45 bits per heavy atom. The van der Waals surface area contributed by atoms with Gasteiger partial charge in [-0.05, 0) is 18.6 Å². The predicted octanol–water partition coefficient (Wildman–Crippen LogP) is 1.82. The maximum atomic E-state index is 10.9. The molecule has 0 radical (unpaired) electrons. The Morgan fingerprint density at radius 3 is 2.60 bits per heavy atom. The summed E-state index contributed by atoms with van der Waals surface area (Å²) in [6, 6.07) is 5.18. The number of benzene rings is 1. The van der Waals surface area contributed by atoms with Gasteiger partial charge in [0.1, 0.15) is 18.4 Å². The molecule has 1 aromatic rings. The van der Waals surface area contributed by atoms with Crippen molar-refractivity contribution in [1.82, 2.24) is 5.32 Å². The van der Waals surface area contributed by atoms with Crippen LogP contribution in [0, 0.1) is 10.1 Å². The summed E-state index contributed by atoms with van der Waals surface area (Å²) >= 11 is 0. The molecular formula is C13H18N2O5. The van der Waals surface area contributed by atoms with Crippen molar-refractivity contribution >= 4 is 11.7 Å². The van der Waals surface area contributed by atoms with Crippen molar-refractivity contribution in [3.05, 3.63) is 34.4 Å². The normalized spacial score (nSPS) is 11.8. The van der Waals surface area contributed by atoms with Crippen molar-refractivity contribution < 1.29 is 19.6 Å². The quantitative estimate of drug-likeness (QED) is 0.407. The Balaban J connectivity index is 2.33. The summed E-state index contributed by atoms with van der Waals surface area (Å²) in [6.07, 6.45) is 1.35. The van der Waals surface area contributed by atoms with Crippen molar-refractivity contribution in [3.8, 4) is 5.75 Å². The van der Waals surface area contributed by atoms with Crippen LogP contribution >= 0.6 is 0 Å². The molecule has 0 bridgehead atoms. The average molecular weight is 282 g/mol. The van der Waals surface area contributed by atoms with Gasteiger partial charge in [-0.1, -0.05) is 13.3 Å². The van der Waals surface area contributed by atoms with Gasteiger partial charge < -0.3 is 15.2 Å². The van der Waals surface area contributed by atoms with E-state index in [1.165, 1.54) is 24.3 Å². The number of nitrogens with one attached hydrogen (secondary N) is 1. The topological polar surface area (TPSA) is 102 Å². The van der Waals surface area contributed by atoms with Gasteiger partial charge in [-0.2, -0.15) is 0 Å². The Bertz CT molecular complexity index is 447. The molecule has 2 N–H and O–H groups in total. The second-order valence-electron chi connectivity index (χ2n) is 4.23. The third-order valence-electron chi connectivity index (χ3n) is 2.68. The Hall–Kier alpha value is -2.15. The summed E-state index contributed by atoms with van der Waals surface area (Å²) in [5, 5.41) is 22.3. The number of rotatable bonds is 9. The van der Waals surface area contributed by atoms with Crippen LogP contribution in [-0.2, 0) is 4.79 Å². The van der Waals surface area contributed by atoms with Crippen molar-refractivity contribution in [2.75, 3.05) is 13.2 Å². The van der Waals surface area contributed by atoms with E-state index in [0.717, 1.165) is 6.42 Å². The molecule has 0 saturated heterocycles. The van der Waals surface area contributed by atoms with Crippen LogP contribution in [0.15, 0.2) is 24.3 Å². The fraction of sp³-hybridized carbons (Fsp3) is 0.462. The van der Waals surface area contributed by atoms with Crippen LogP contribution in [-0.4, -0.2) is 35.2 Å². The van der Waals surface area contributed by atoms with E-state index in [0.29, 0.717) is 25.3 Å². The molecule has 1 atom stereocenters. The van der Waals surface area contributed by atoms with Crippen molar-refractivity contribution in [2.45, 2.75) is 25.8 Å². The van der Waals surface area contributed by atoms with Crippen LogP contribution in [0.5, 0.6) is 5.75 Å². The standard InChI is InChI=1S/C13H18N2O5/c1-2-3-12(13(16)17)14-8-9-20-11-6-4-10(5-7-11)15(18)19/h4-7,12,14H,2-3,8-9H2,1H3,(H,16,17). The minimum atomic E-state index is -0.873. The SMILES string of the molecule is CCCC(NCCOc1ccc([N+](=O)[O-])cc1)C(=O)O. The first-order valence-corrected chi connectivity index (χ1v) is 6.38. The molecule has 1 rings (SSSR count). The van der Waals surface area contributed by atoms with Gasteiger partial charge in [-0.15, -0.1) is 0 Å². The minimum absolute atomic E-state index is 0.00404. The summed E-state index contributed by atoms with van der Waals surface area (Å²) in [5.74, 6) is -0.359. The molecule has 0 saturated carbocycles. The van der Waals surface area contributed by atoms with Gasteiger partial charge in [0.2, 0.25) is 0 Å². The van der Waals surface area contributed by atoms with Crippen LogP contribution in [0.1, 0.15) is 19.8 Å². The highest BCUT2D eigenvalue weighted by atomic mass is 16.6. The van der Waals surface area contributed by atoms with Crippen molar-refractivity contribution in [2.24, 2.45) is 0 Å². The number of aliphatic carboxylic acids is 1. The number of nitro groups is 1. The highest BCUT2D eigenvalue weighted by Crippen LogP contribution is 2.16. The van der Waals surface area contributed by atoms with E-state index in [4.69, 9.17) is 9.84 Å². The van der Waals surface area contributed by atoms with E-state index in [1.54, 1.807) is 0 Å². The highest BCUT2D eigenvalue weighted by molar-refractivity contribution is 5.73. The first-order chi connectivity index (χ1) is 9.54. The third kappa shape index (κ3) is 5.23. The Morgan fingerprint density at radius 2 is 2.10 bits per heavy atom. The number of nitro benzene ring substituents is 1. The molecule has 0 aromatic heterocycles. The summed E-state index contributed by atoms with van der Waals surface area (Å²) in [4.78, 5) is 20.9. The van der Waals surface area contributed by atoms with Gasteiger partial charge in [0, 0.05) is 18.7 Å². The first kappa shape index (κ1) is 15.9. The minimum Gasteiger partial charge on any atom is -0.492 e. The van der Waals surface area contributed by atoms with Gasteiger partial charge in [0.15, 0.2) is 0 Å². The third-order valence-corrected chi connectivity index (χ3v) is 2.68. The zero-order valence-electron chi connectivity index (χ0n) is 11.2. The molecule has 7 heteroatoms. The number of ether oxygens (including phenoxy) is 1. The number of carboxylic acids is 1. The number of hydrogen-bond acceptors (Lipinski definition) is 5. The summed E-state index contributed by atoms with van der Waals surface area (Å²) in [6.45, 7) is 2.62. The summed E-state index contributed by atoms with van der Waals surface area (Å²) in [7, 11) is 0. The van der Waals surface area contributed by atoms with Gasteiger partial charge in [-0.25, -0.2) is 0 Å². The molecule has 0 heterocycles. The van der Waals surface area contributed by atoms with Crippen molar-refractivity contribution in [3.63, 3.8) is 0 Å². The second kappa shape index (κ2) is 8.11. The van der Waals surface area contributed by atoms with E-state index < -0.39 is 16.9 Å². The fourth-order valence-corrected chi connectivity index (χ4v) is 1.67. The maximum Gasteiger partial charge on any atom is 0.320 e. The number of carbonyl (C=O) groups is 1. The van der Waals surface area contributed by atoms with Gasteiger partial charge in [0.05, 0.1) is 4.92 Å². The molecule has 0 spiro atoms. The lowest BCUT2D eigenvalue weighted by Gasteiger charge is -2.13. The second-order valence-corrected chi connectivity index (χ2v) is 4.23. The largest absolute Gasteiger partial charge is 0.492 e. The van der Waals surface area contributed by atoms with Gasteiger partial charge in [-0.3, -0.25) is 14.9 Å². The van der Waals surface area contributed by atoms with Crippen LogP contribution in [0.2, 0.25) is 0 Å². The van der Waals surface area contributed by atoms with Crippen LogP contribution < -0.4 is 10.1 Å². The van der Waals surface area contributed by atoms with E-state index >= 15 is 0 Å². The average Bonchev–Trinajstić information content (AvgIpc) is 2.42. The number of carboxylic acid groups (broad SMARTS) is 1. The summed E-state index contributed by atoms with van der Waals surface area (Å²) < 4.78 is 5.37. The molecule has 0 aliphatic rings. The number of nitrogens with zero attached hydrogens (tertiary/aromatic N) is 1. The maximum absolute atomic E-state index is 10.9. The highest BCUT2D eigenvalue weighted by Gasteiger charge is 2.14. The van der Waals surface area contributed by atoms with Crippen LogP contribution in [0.25, 0.3) is 0 Å². The number of non-ortho nitro benzene ring substituents is 1. The molecule has 110 valence electrons. The predicted molar refractivity (Wildman–Crippen MR) is 72.9 cm³/mol. The van der Waals surface area contributed by atoms with E-state index in [1.807, 2.05) is 6.92 Å². The van der Waals surface area contributed by atoms with Gasteiger partial charge >= 0.3 is 5.97 Å². The first-order valence-electron chi connectivity index (χ1n) is 6.38. The molecule has 20 heavy (non-hydrogen) atoms. The molecule has 0 fully saturated rings. The lowest BCUT2D eigenvalue weighted by Crippen LogP contribution is -2.38. The fourth-order valence-electron chi connectivity index (χ4n) is 1.67. The lowest BCUT2D eigenvalue weighted by atomic mass is 10.2. The summed E-state index contributed by atoms with van der Waals surface area (Å²) in [5.41, 5.74) is 0.00404. The van der Waals surface area contributed by atoms with Crippen LogP contribution in [0.3, 0.4) is 0 Å². The molecule has 1 unspecified atom stereocenters.